The van der Waals surface area contributed by atoms with E-state index in [1.54, 1.807) is 19.1 Å². The Labute approximate surface area is 184 Å². The second kappa shape index (κ2) is 9.92. The van der Waals surface area contributed by atoms with E-state index in [9.17, 15) is 28.1 Å². The van der Waals surface area contributed by atoms with Gasteiger partial charge in [0.2, 0.25) is 15.8 Å². The molecule has 0 spiro atoms. The van der Waals surface area contributed by atoms with Crippen LogP contribution in [0.4, 0.5) is 11.6 Å². The second-order valence-electron chi connectivity index (χ2n) is 7.32. The van der Waals surface area contributed by atoms with Gasteiger partial charge in [-0.2, -0.15) is 4.31 Å². The predicted molar refractivity (Wildman–Crippen MR) is 113 cm³/mol. The van der Waals surface area contributed by atoms with Gasteiger partial charge in [-0.05, 0) is 43.5 Å². The molecule has 1 aliphatic heterocycles. The first kappa shape index (κ1) is 23.4. The Morgan fingerprint density at radius 1 is 1.16 bits per heavy atom. The number of benzene rings is 1. The quantitative estimate of drug-likeness (QED) is 0.373. The van der Waals surface area contributed by atoms with Gasteiger partial charge in [-0.3, -0.25) is 14.9 Å². The lowest BCUT2D eigenvalue weighted by molar-refractivity contribution is -0.402. The standard InChI is InChI=1S/C20H23N3O8S/c1-14-6-7-15(12-17(14)32(28,29)22-10-4-2-3-5-11-22)21-18(24)13-30-20(25)16-8-9-19(31-16)23(26)27/h6-9,12H,2-5,10-11,13H2,1H3,(H,21,24). The van der Waals surface area contributed by atoms with Crippen LogP contribution in [0.1, 0.15) is 41.8 Å². The van der Waals surface area contributed by atoms with Crippen LogP contribution in [0.3, 0.4) is 0 Å². The summed E-state index contributed by atoms with van der Waals surface area (Å²) >= 11 is 0. The highest BCUT2D eigenvalue weighted by atomic mass is 32.2. The summed E-state index contributed by atoms with van der Waals surface area (Å²) in [5.41, 5.74) is 0.789. The molecule has 2 aromatic rings. The first-order chi connectivity index (χ1) is 15.2. The molecule has 1 aromatic carbocycles. The zero-order valence-corrected chi connectivity index (χ0v) is 18.2. The van der Waals surface area contributed by atoms with Crippen LogP contribution < -0.4 is 5.32 Å². The zero-order chi connectivity index (χ0) is 23.3. The van der Waals surface area contributed by atoms with Crippen LogP contribution in [0.15, 0.2) is 39.6 Å². The third-order valence-corrected chi connectivity index (χ3v) is 7.00. The molecule has 1 saturated heterocycles. The average Bonchev–Trinajstić information content (AvgIpc) is 3.09. The van der Waals surface area contributed by atoms with Crippen LogP contribution in [0.25, 0.3) is 0 Å². The molecule has 0 radical (unpaired) electrons. The maximum Gasteiger partial charge on any atom is 0.433 e. The Kier molecular flexibility index (Phi) is 7.26. The molecule has 12 heteroatoms. The number of sulfonamides is 1. The number of hydrogen-bond donors (Lipinski definition) is 1. The van der Waals surface area contributed by atoms with Gasteiger partial charge in [0.05, 0.1) is 11.0 Å². The number of hydrogen-bond acceptors (Lipinski definition) is 8. The average molecular weight is 465 g/mol. The Hall–Kier alpha value is -3.25. The maximum absolute atomic E-state index is 13.1. The number of amides is 1. The van der Waals surface area contributed by atoms with Crippen molar-refractivity contribution in [2.75, 3.05) is 25.0 Å². The number of rotatable bonds is 7. The lowest BCUT2D eigenvalue weighted by Gasteiger charge is -2.21. The number of nitro groups is 1. The van der Waals surface area contributed by atoms with Crippen molar-refractivity contribution in [1.82, 2.24) is 4.31 Å². The van der Waals surface area contributed by atoms with E-state index in [-0.39, 0.29) is 10.6 Å². The van der Waals surface area contributed by atoms with Gasteiger partial charge in [-0.15, -0.1) is 0 Å². The molecule has 1 amide bonds. The van der Waals surface area contributed by atoms with Crippen LogP contribution in [0.2, 0.25) is 0 Å². The van der Waals surface area contributed by atoms with Crippen molar-refractivity contribution in [3.8, 4) is 0 Å². The number of nitrogens with one attached hydrogen (secondary N) is 1. The summed E-state index contributed by atoms with van der Waals surface area (Å²) in [6.45, 7) is 1.91. The van der Waals surface area contributed by atoms with E-state index >= 15 is 0 Å². The first-order valence-corrected chi connectivity index (χ1v) is 11.4. The van der Waals surface area contributed by atoms with E-state index in [1.165, 1.54) is 10.4 Å². The molecule has 1 aliphatic rings. The molecular formula is C20H23N3O8S. The third kappa shape index (κ3) is 5.51. The largest absolute Gasteiger partial charge is 0.450 e. The van der Waals surface area contributed by atoms with E-state index in [0.29, 0.717) is 18.7 Å². The van der Waals surface area contributed by atoms with Crippen molar-refractivity contribution >= 4 is 33.5 Å². The maximum atomic E-state index is 13.1. The molecule has 11 nitrogen and oxygen atoms in total. The van der Waals surface area contributed by atoms with Crippen LogP contribution in [0, 0.1) is 17.0 Å². The molecular weight excluding hydrogens is 442 g/mol. The lowest BCUT2D eigenvalue weighted by Crippen LogP contribution is -2.32. The summed E-state index contributed by atoms with van der Waals surface area (Å²) in [4.78, 5) is 33.9. The number of ether oxygens (including phenoxy) is 1. The third-order valence-electron chi connectivity index (χ3n) is 4.96. The van der Waals surface area contributed by atoms with Gasteiger partial charge in [0.15, 0.2) is 6.61 Å². The fourth-order valence-corrected chi connectivity index (χ4v) is 5.08. The summed E-state index contributed by atoms with van der Waals surface area (Å²) in [5, 5.41) is 13.1. The van der Waals surface area contributed by atoms with E-state index in [1.807, 2.05) is 0 Å². The van der Waals surface area contributed by atoms with Gasteiger partial charge in [-0.1, -0.05) is 18.9 Å². The highest BCUT2D eigenvalue weighted by Crippen LogP contribution is 2.26. The number of carbonyl (C=O) groups excluding carboxylic acids is 2. The Balaban J connectivity index is 1.65. The second-order valence-corrected chi connectivity index (χ2v) is 9.22. The van der Waals surface area contributed by atoms with Crippen molar-refractivity contribution in [2.24, 2.45) is 0 Å². The molecule has 32 heavy (non-hydrogen) atoms. The molecule has 172 valence electrons. The fourth-order valence-electron chi connectivity index (χ4n) is 3.31. The Morgan fingerprint density at radius 3 is 2.47 bits per heavy atom. The minimum Gasteiger partial charge on any atom is -0.450 e. The smallest absolute Gasteiger partial charge is 0.433 e. The normalized spacial score (nSPS) is 15.0. The van der Waals surface area contributed by atoms with E-state index < -0.39 is 45.1 Å². The monoisotopic (exact) mass is 465 g/mol. The predicted octanol–water partition coefficient (Wildman–Crippen LogP) is 2.86. The molecule has 0 atom stereocenters. The Morgan fingerprint density at radius 2 is 1.84 bits per heavy atom. The first-order valence-electron chi connectivity index (χ1n) is 10.0. The van der Waals surface area contributed by atoms with Gasteiger partial charge in [0.1, 0.15) is 4.92 Å². The molecule has 0 saturated carbocycles. The molecule has 0 aliphatic carbocycles. The summed E-state index contributed by atoms with van der Waals surface area (Å²) in [6.07, 6.45) is 3.59. The SMILES string of the molecule is Cc1ccc(NC(=O)COC(=O)c2ccc([N+](=O)[O-])o2)cc1S(=O)(=O)N1CCCCCC1. The molecule has 1 aromatic heterocycles. The summed E-state index contributed by atoms with van der Waals surface area (Å²) in [7, 11) is -3.71. The van der Waals surface area contributed by atoms with Gasteiger partial charge in [0, 0.05) is 18.8 Å². The summed E-state index contributed by atoms with van der Waals surface area (Å²) < 4.78 is 37.2. The molecule has 0 bridgehead atoms. The number of furan rings is 1. The van der Waals surface area contributed by atoms with E-state index in [0.717, 1.165) is 37.8 Å². The van der Waals surface area contributed by atoms with E-state index in [4.69, 9.17) is 9.15 Å². The number of carbonyl (C=O) groups is 2. The number of anilines is 1. The molecule has 1 N–H and O–H groups in total. The minimum absolute atomic E-state index is 0.108. The van der Waals surface area contributed by atoms with Gasteiger partial charge < -0.3 is 14.5 Å². The molecule has 2 heterocycles. The number of nitrogens with zero attached hydrogens (tertiary/aromatic N) is 2. The minimum atomic E-state index is -3.71. The van der Waals surface area contributed by atoms with Gasteiger partial charge >= 0.3 is 11.9 Å². The van der Waals surface area contributed by atoms with Crippen LogP contribution in [-0.4, -0.2) is 49.2 Å². The zero-order valence-electron chi connectivity index (χ0n) is 17.4. The lowest BCUT2D eigenvalue weighted by atomic mass is 10.2. The van der Waals surface area contributed by atoms with Crippen LogP contribution in [-0.2, 0) is 19.6 Å². The van der Waals surface area contributed by atoms with Crippen molar-refractivity contribution in [1.29, 1.82) is 0 Å². The van der Waals surface area contributed by atoms with Gasteiger partial charge in [-0.25, -0.2) is 13.2 Å². The molecule has 1 fully saturated rings. The highest BCUT2D eigenvalue weighted by molar-refractivity contribution is 7.89. The summed E-state index contributed by atoms with van der Waals surface area (Å²) in [5.74, 6) is -2.78. The van der Waals surface area contributed by atoms with Gasteiger partial charge in [0.25, 0.3) is 5.91 Å². The Bertz CT molecular complexity index is 1120. The van der Waals surface area contributed by atoms with Crippen molar-refractivity contribution in [2.45, 2.75) is 37.5 Å². The van der Waals surface area contributed by atoms with Crippen LogP contribution >= 0.6 is 0 Å². The van der Waals surface area contributed by atoms with Crippen molar-refractivity contribution in [3.63, 3.8) is 0 Å². The fraction of sp³-hybridized carbons (Fsp3) is 0.400. The number of aryl methyl sites for hydroxylation is 1. The highest BCUT2D eigenvalue weighted by Gasteiger charge is 2.27. The molecule has 0 unspecified atom stereocenters. The molecule has 3 rings (SSSR count). The van der Waals surface area contributed by atoms with Crippen molar-refractivity contribution < 1.29 is 32.1 Å². The van der Waals surface area contributed by atoms with Crippen LogP contribution in [0.5, 0.6) is 0 Å². The summed E-state index contributed by atoms with van der Waals surface area (Å²) in [6, 6.07) is 6.58. The topological polar surface area (TPSA) is 149 Å². The van der Waals surface area contributed by atoms with E-state index in [2.05, 4.69) is 5.32 Å². The van der Waals surface area contributed by atoms with Crippen molar-refractivity contribution in [3.05, 3.63) is 51.8 Å². The number of esters is 1.